The highest BCUT2D eigenvalue weighted by molar-refractivity contribution is 5.79. The number of carbonyl (C=O) groups excluding carboxylic acids is 1. The smallest absolute Gasteiger partial charge is 0.226 e. The molecule has 0 bridgehead atoms. The van der Waals surface area contributed by atoms with Gasteiger partial charge < -0.3 is 9.80 Å². The highest BCUT2D eigenvalue weighted by Gasteiger charge is 2.23. The van der Waals surface area contributed by atoms with E-state index in [-0.39, 0.29) is 5.92 Å². The summed E-state index contributed by atoms with van der Waals surface area (Å²) >= 11 is 0. The second kappa shape index (κ2) is 6.37. The van der Waals surface area contributed by atoms with E-state index in [2.05, 4.69) is 24.0 Å². The van der Waals surface area contributed by atoms with Crippen molar-refractivity contribution in [1.29, 1.82) is 0 Å². The molecule has 0 spiro atoms. The van der Waals surface area contributed by atoms with Gasteiger partial charge in [0.1, 0.15) is 0 Å². The number of amides is 1. The largest absolute Gasteiger partial charge is 0.345 e. The van der Waals surface area contributed by atoms with E-state index in [1.807, 2.05) is 11.9 Å². The van der Waals surface area contributed by atoms with Crippen LogP contribution in [0.5, 0.6) is 0 Å². The molecule has 1 aliphatic carbocycles. The minimum Gasteiger partial charge on any atom is -0.345 e. The van der Waals surface area contributed by atoms with Crippen molar-refractivity contribution in [3.8, 4) is 0 Å². The van der Waals surface area contributed by atoms with Gasteiger partial charge in [0.15, 0.2) is 0 Å². The van der Waals surface area contributed by atoms with Crippen LogP contribution in [0.1, 0.15) is 39.0 Å². The summed E-state index contributed by atoms with van der Waals surface area (Å²) in [5.41, 5.74) is 0. The number of carbonyl (C=O) groups is 1. The summed E-state index contributed by atoms with van der Waals surface area (Å²) < 4.78 is 0. The van der Waals surface area contributed by atoms with Gasteiger partial charge in [-0.15, -0.1) is 0 Å². The SMILES string of the molecule is CC(CCN(C)C(=O)C1CC=CC1)N1CCCC1. The van der Waals surface area contributed by atoms with Crippen LogP contribution in [0.2, 0.25) is 0 Å². The lowest BCUT2D eigenvalue weighted by molar-refractivity contribution is -0.134. The highest BCUT2D eigenvalue weighted by Crippen LogP contribution is 2.20. The van der Waals surface area contributed by atoms with E-state index in [4.69, 9.17) is 0 Å². The van der Waals surface area contributed by atoms with Crippen molar-refractivity contribution in [2.45, 2.75) is 45.1 Å². The second-order valence-corrected chi connectivity index (χ2v) is 5.78. The molecule has 1 aliphatic heterocycles. The molecule has 1 atom stereocenters. The van der Waals surface area contributed by atoms with E-state index in [0.29, 0.717) is 11.9 Å². The molecule has 0 radical (unpaired) electrons. The molecule has 0 N–H and O–H groups in total. The Hall–Kier alpha value is -0.830. The average Bonchev–Trinajstić information content (AvgIpc) is 3.05. The number of rotatable bonds is 5. The molecule has 1 unspecified atom stereocenters. The third kappa shape index (κ3) is 3.35. The third-order valence-electron chi connectivity index (χ3n) is 4.38. The lowest BCUT2D eigenvalue weighted by Crippen LogP contribution is -2.37. The van der Waals surface area contributed by atoms with Gasteiger partial charge in [0.2, 0.25) is 5.91 Å². The van der Waals surface area contributed by atoms with Crippen LogP contribution in [0.25, 0.3) is 0 Å². The Bertz CT molecular complexity index is 300. The fraction of sp³-hybridized carbons (Fsp3) is 0.800. The van der Waals surface area contributed by atoms with Crippen LogP contribution >= 0.6 is 0 Å². The summed E-state index contributed by atoms with van der Waals surface area (Å²) in [4.78, 5) is 16.6. The molecule has 3 heteroatoms. The van der Waals surface area contributed by atoms with E-state index in [0.717, 1.165) is 25.8 Å². The number of nitrogens with zero attached hydrogens (tertiary/aromatic N) is 2. The predicted molar refractivity (Wildman–Crippen MR) is 74.4 cm³/mol. The summed E-state index contributed by atoms with van der Waals surface area (Å²) in [6, 6.07) is 0.615. The first-order valence-electron chi connectivity index (χ1n) is 7.32. The summed E-state index contributed by atoms with van der Waals surface area (Å²) in [7, 11) is 1.96. The van der Waals surface area contributed by atoms with Crippen LogP contribution in [-0.4, -0.2) is 48.4 Å². The fourth-order valence-corrected chi connectivity index (χ4v) is 2.99. The first-order valence-corrected chi connectivity index (χ1v) is 7.32. The van der Waals surface area contributed by atoms with Crippen molar-refractivity contribution in [2.75, 3.05) is 26.7 Å². The Morgan fingerprint density at radius 3 is 2.56 bits per heavy atom. The van der Waals surface area contributed by atoms with Gasteiger partial charge in [0, 0.05) is 25.6 Å². The van der Waals surface area contributed by atoms with Gasteiger partial charge in [-0.25, -0.2) is 0 Å². The molecule has 0 aromatic carbocycles. The van der Waals surface area contributed by atoms with Crippen molar-refractivity contribution >= 4 is 5.91 Å². The lowest BCUT2D eigenvalue weighted by Gasteiger charge is -2.27. The van der Waals surface area contributed by atoms with Crippen molar-refractivity contribution in [2.24, 2.45) is 5.92 Å². The van der Waals surface area contributed by atoms with Crippen molar-refractivity contribution in [3.63, 3.8) is 0 Å². The summed E-state index contributed by atoms with van der Waals surface area (Å²) in [6.07, 6.45) is 9.91. The molecule has 3 nitrogen and oxygen atoms in total. The van der Waals surface area contributed by atoms with Gasteiger partial charge in [0.05, 0.1) is 0 Å². The monoisotopic (exact) mass is 250 g/mol. The van der Waals surface area contributed by atoms with E-state index in [1.165, 1.54) is 25.9 Å². The van der Waals surface area contributed by atoms with Crippen LogP contribution in [0.3, 0.4) is 0 Å². The summed E-state index contributed by atoms with van der Waals surface area (Å²) in [6.45, 7) is 5.67. The molecule has 102 valence electrons. The predicted octanol–water partition coefficient (Wildman–Crippen LogP) is 2.29. The first-order chi connectivity index (χ1) is 8.68. The van der Waals surface area contributed by atoms with Crippen LogP contribution in [0, 0.1) is 5.92 Å². The molecule has 0 saturated carbocycles. The molecule has 18 heavy (non-hydrogen) atoms. The minimum absolute atomic E-state index is 0.220. The molecular formula is C15H26N2O. The molecule has 2 rings (SSSR count). The maximum absolute atomic E-state index is 12.2. The van der Waals surface area contributed by atoms with E-state index in [1.54, 1.807) is 0 Å². The zero-order valence-electron chi connectivity index (χ0n) is 11.8. The minimum atomic E-state index is 0.220. The zero-order valence-corrected chi connectivity index (χ0v) is 11.8. The van der Waals surface area contributed by atoms with Crippen LogP contribution < -0.4 is 0 Å². The van der Waals surface area contributed by atoms with Gasteiger partial charge in [-0.2, -0.15) is 0 Å². The third-order valence-corrected chi connectivity index (χ3v) is 4.38. The van der Waals surface area contributed by atoms with Gasteiger partial charge in [-0.1, -0.05) is 12.2 Å². The topological polar surface area (TPSA) is 23.6 Å². The first kappa shape index (κ1) is 13.6. The van der Waals surface area contributed by atoms with Gasteiger partial charge >= 0.3 is 0 Å². The van der Waals surface area contributed by atoms with Gasteiger partial charge in [-0.3, -0.25) is 4.79 Å². The number of hydrogen-bond acceptors (Lipinski definition) is 2. The molecule has 0 aromatic rings. The summed E-state index contributed by atoms with van der Waals surface area (Å²) in [5.74, 6) is 0.547. The van der Waals surface area contributed by atoms with Gasteiger partial charge in [-0.05, 0) is 52.1 Å². The molecule has 1 amide bonds. The van der Waals surface area contributed by atoms with E-state index in [9.17, 15) is 4.79 Å². The average molecular weight is 250 g/mol. The Kier molecular flexibility index (Phi) is 4.81. The highest BCUT2D eigenvalue weighted by atomic mass is 16.2. The number of allylic oxidation sites excluding steroid dienone is 2. The van der Waals surface area contributed by atoms with Crippen molar-refractivity contribution in [1.82, 2.24) is 9.80 Å². The maximum atomic E-state index is 12.2. The second-order valence-electron chi connectivity index (χ2n) is 5.78. The quantitative estimate of drug-likeness (QED) is 0.699. The Balaban J connectivity index is 1.70. The van der Waals surface area contributed by atoms with Crippen LogP contribution in [0.4, 0.5) is 0 Å². The van der Waals surface area contributed by atoms with E-state index >= 15 is 0 Å². The molecule has 2 aliphatic rings. The Morgan fingerprint density at radius 2 is 1.94 bits per heavy atom. The molecular weight excluding hydrogens is 224 g/mol. The normalized spacial score (nSPS) is 22.6. The van der Waals surface area contributed by atoms with Crippen LogP contribution in [0.15, 0.2) is 12.2 Å². The van der Waals surface area contributed by atoms with Crippen molar-refractivity contribution in [3.05, 3.63) is 12.2 Å². The van der Waals surface area contributed by atoms with Crippen molar-refractivity contribution < 1.29 is 4.79 Å². The zero-order chi connectivity index (χ0) is 13.0. The summed E-state index contributed by atoms with van der Waals surface area (Å²) in [5, 5.41) is 0. The molecule has 0 aromatic heterocycles. The van der Waals surface area contributed by atoms with Gasteiger partial charge in [0.25, 0.3) is 0 Å². The number of hydrogen-bond donors (Lipinski definition) is 0. The lowest BCUT2D eigenvalue weighted by atomic mass is 10.1. The maximum Gasteiger partial charge on any atom is 0.226 e. The standard InChI is InChI=1S/C15H26N2O/c1-13(17-10-5-6-11-17)9-12-16(2)15(18)14-7-3-4-8-14/h3-4,13-14H,5-12H2,1-2H3. The molecule has 1 saturated heterocycles. The Morgan fingerprint density at radius 1 is 1.33 bits per heavy atom. The van der Waals surface area contributed by atoms with Crippen LogP contribution in [-0.2, 0) is 4.79 Å². The molecule has 1 fully saturated rings. The Labute approximate surface area is 111 Å². The fourth-order valence-electron chi connectivity index (χ4n) is 2.99. The van der Waals surface area contributed by atoms with E-state index < -0.39 is 0 Å². The number of likely N-dealkylation sites (tertiary alicyclic amines) is 1. The molecule has 1 heterocycles.